The highest BCUT2D eigenvalue weighted by Gasteiger charge is 2.05. The fourth-order valence-electron chi connectivity index (χ4n) is 1.44. The van der Waals surface area contributed by atoms with Gasteiger partial charge in [0.25, 0.3) is 0 Å². The lowest BCUT2D eigenvalue weighted by molar-refractivity contribution is -0.125. The third-order valence-electron chi connectivity index (χ3n) is 2.44. The number of rotatable bonds is 4. The maximum Gasteiger partial charge on any atom is 0.246 e. The summed E-state index contributed by atoms with van der Waals surface area (Å²) in [5.41, 5.74) is 0.788. The van der Waals surface area contributed by atoms with E-state index >= 15 is 0 Å². The van der Waals surface area contributed by atoms with Gasteiger partial charge in [-0.25, -0.2) is 0 Å². The molecule has 0 fully saturated rings. The van der Waals surface area contributed by atoms with Crippen molar-refractivity contribution in [3.05, 3.63) is 39.9 Å². The number of benzene rings is 1. The van der Waals surface area contributed by atoms with E-state index in [9.17, 15) is 4.79 Å². The van der Waals surface area contributed by atoms with Crippen molar-refractivity contribution in [3.63, 3.8) is 0 Å². The molecule has 0 aliphatic heterocycles. The lowest BCUT2D eigenvalue weighted by Crippen LogP contribution is -2.28. The van der Waals surface area contributed by atoms with Crippen LogP contribution >= 0.6 is 23.2 Å². The number of hydrogen-bond donors (Lipinski definition) is 0. The molecule has 0 heterocycles. The number of nitrogens with zero attached hydrogens (tertiary/aromatic N) is 1. The van der Waals surface area contributed by atoms with Crippen molar-refractivity contribution < 1.29 is 4.79 Å². The Morgan fingerprint density at radius 2 is 1.94 bits per heavy atom. The predicted octanol–water partition coefficient (Wildman–Crippen LogP) is 3.88. The lowest BCUT2D eigenvalue weighted by atomic mass is 10.2. The minimum atomic E-state index is -0.0129. The Kier molecular flexibility index (Phi) is 5.52. The summed E-state index contributed by atoms with van der Waals surface area (Å²) in [6.45, 7) is 5.30. The molecule has 1 aromatic carbocycles. The van der Waals surface area contributed by atoms with Crippen LogP contribution in [-0.2, 0) is 4.79 Å². The molecule has 0 aliphatic carbocycles. The van der Waals surface area contributed by atoms with Crippen molar-refractivity contribution in [3.8, 4) is 0 Å². The molecule has 2 nitrogen and oxygen atoms in total. The van der Waals surface area contributed by atoms with Crippen LogP contribution in [0.2, 0.25) is 10.0 Å². The van der Waals surface area contributed by atoms with E-state index in [1.54, 1.807) is 29.2 Å². The molecule has 1 amide bonds. The molecule has 0 N–H and O–H groups in total. The number of carbonyl (C=O) groups is 1. The van der Waals surface area contributed by atoms with Crippen molar-refractivity contribution in [2.75, 3.05) is 13.1 Å². The Hall–Kier alpha value is -0.990. The predicted molar refractivity (Wildman–Crippen MR) is 73.4 cm³/mol. The summed E-state index contributed by atoms with van der Waals surface area (Å²) in [6.07, 6.45) is 3.24. The highest BCUT2D eigenvalue weighted by atomic mass is 35.5. The smallest absolute Gasteiger partial charge is 0.246 e. The Balaban J connectivity index is 2.80. The van der Waals surface area contributed by atoms with Gasteiger partial charge in [-0.2, -0.15) is 0 Å². The average Bonchev–Trinajstić information content (AvgIpc) is 2.29. The topological polar surface area (TPSA) is 20.3 Å². The van der Waals surface area contributed by atoms with Crippen LogP contribution in [0.4, 0.5) is 0 Å². The van der Waals surface area contributed by atoms with Crippen LogP contribution in [-0.4, -0.2) is 23.9 Å². The van der Waals surface area contributed by atoms with E-state index in [0.717, 1.165) is 5.56 Å². The number of likely N-dealkylation sites (N-methyl/N-ethyl adjacent to an activating group) is 1. The second-order valence-corrected chi connectivity index (χ2v) is 4.35. The fraction of sp³-hybridized carbons (Fsp3) is 0.308. The zero-order chi connectivity index (χ0) is 12.8. The Labute approximate surface area is 112 Å². The molecule has 0 saturated heterocycles. The standard InChI is InChI=1S/C13H15Cl2NO/c1-3-16(4-2)13(17)8-6-10-5-7-11(14)9-12(10)15/h5-9H,3-4H2,1-2H3/b8-6-. The monoisotopic (exact) mass is 271 g/mol. The Morgan fingerprint density at radius 1 is 1.29 bits per heavy atom. The van der Waals surface area contributed by atoms with Crippen molar-refractivity contribution in [2.45, 2.75) is 13.8 Å². The maximum absolute atomic E-state index is 11.7. The van der Waals surface area contributed by atoms with E-state index in [4.69, 9.17) is 23.2 Å². The van der Waals surface area contributed by atoms with Crippen LogP contribution in [0.5, 0.6) is 0 Å². The molecule has 0 saturated carbocycles. The van der Waals surface area contributed by atoms with E-state index < -0.39 is 0 Å². The van der Waals surface area contributed by atoms with Gasteiger partial charge in [0.2, 0.25) is 5.91 Å². The van der Waals surface area contributed by atoms with E-state index in [0.29, 0.717) is 23.1 Å². The van der Waals surface area contributed by atoms with Gasteiger partial charge in [-0.15, -0.1) is 0 Å². The average molecular weight is 272 g/mol. The molecule has 4 heteroatoms. The summed E-state index contributed by atoms with van der Waals surface area (Å²) < 4.78 is 0. The number of halogens is 2. The van der Waals surface area contributed by atoms with E-state index in [1.165, 1.54) is 6.08 Å². The number of carbonyl (C=O) groups excluding carboxylic acids is 1. The largest absolute Gasteiger partial charge is 0.340 e. The molecule has 0 atom stereocenters. The molecular formula is C13H15Cl2NO. The van der Waals surface area contributed by atoms with Gasteiger partial charge in [0.1, 0.15) is 0 Å². The van der Waals surface area contributed by atoms with Gasteiger partial charge < -0.3 is 4.90 Å². The first kappa shape index (κ1) is 14.1. The second kappa shape index (κ2) is 6.67. The van der Waals surface area contributed by atoms with Crippen molar-refractivity contribution in [1.29, 1.82) is 0 Å². The normalized spacial score (nSPS) is 10.8. The van der Waals surface area contributed by atoms with Crippen LogP contribution in [0, 0.1) is 0 Å². The third-order valence-corrected chi connectivity index (χ3v) is 3.01. The number of hydrogen-bond acceptors (Lipinski definition) is 1. The SMILES string of the molecule is CCN(CC)C(=O)/C=C\c1ccc(Cl)cc1Cl. The zero-order valence-electron chi connectivity index (χ0n) is 9.91. The lowest BCUT2D eigenvalue weighted by Gasteiger charge is -2.15. The van der Waals surface area contributed by atoms with E-state index in [-0.39, 0.29) is 5.91 Å². The molecule has 0 bridgehead atoms. The van der Waals surface area contributed by atoms with Gasteiger partial charge >= 0.3 is 0 Å². The summed E-state index contributed by atoms with van der Waals surface area (Å²) in [6, 6.07) is 5.19. The molecule has 0 unspecified atom stereocenters. The van der Waals surface area contributed by atoms with Gasteiger partial charge in [0, 0.05) is 29.2 Å². The third kappa shape index (κ3) is 4.06. The van der Waals surface area contributed by atoms with Gasteiger partial charge in [-0.05, 0) is 37.6 Å². The van der Waals surface area contributed by atoms with Gasteiger partial charge in [-0.1, -0.05) is 29.3 Å². The summed E-state index contributed by atoms with van der Waals surface area (Å²) in [7, 11) is 0. The first-order chi connectivity index (χ1) is 8.08. The second-order valence-electron chi connectivity index (χ2n) is 3.51. The quantitative estimate of drug-likeness (QED) is 0.762. The zero-order valence-corrected chi connectivity index (χ0v) is 11.4. The molecule has 0 aliphatic rings. The highest BCUT2D eigenvalue weighted by Crippen LogP contribution is 2.21. The highest BCUT2D eigenvalue weighted by molar-refractivity contribution is 6.35. The van der Waals surface area contributed by atoms with Crippen molar-refractivity contribution in [1.82, 2.24) is 4.90 Å². The van der Waals surface area contributed by atoms with Crippen LogP contribution < -0.4 is 0 Å². The van der Waals surface area contributed by atoms with E-state index in [2.05, 4.69) is 0 Å². The minimum absolute atomic E-state index is 0.0129. The molecule has 92 valence electrons. The Morgan fingerprint density at radius 3 is 2.47 bits per heavy atom. The molecule has 0 spiro atoms. The molecule has 17 heavy (non-hydrogen) atoms. The van der Waals surface area contributed by atoms with Gasteiger partial charge in [-0.3, -0.25) is 4.79 Å². The summed E-state index contributed by atoms with van der Waals surface area (Å²) in [5.74, 6) is -0.0129. The molecule has 1 rings (SSSR count). The summed E-state index contributed by atoms with van der Waals surface area (Å²) >= 11 is 11.8. The molecular weight excluding hydrogens is 257 g/mol. The minimum Gasteiger partial charge on any atom is -0.340 e. The Bertz CT molecular complexity index is 425. The first-order valence-corrected chi connectivity index (χ1v) is 6.26. The first-order valence-electron chi connectivity index (χ1n) is 5.50. The van der Waals surface area contributed by atoms with Crippen molar-refractivity contribution in [2.24, 2.45) is 0 Å². The number of amides is 1. The van der Waals surface area contributed by atoms with Crippen LogP contribution in [0.15, 0.2) is 24.3 Å². The van der Waals surface area contributed by atoms with Crippen LogP contribution in [0.1, 0.15) is 19.4 Å². The summed E-state index contributed by atoms with van der Waals surface area (Å²) in [5, 5.41) is 1.13. The van der Waals surface area contributed by atoms with Gasteiger partial charge in [0.15, 0.2) is 0 Å². The van der Waals surface area contributed by atoms with Crippen LogP contribution in [0.25, 0.3) is 6.08 Å². The fourth-order valence-corrected chi connectivity index (χ4v) is 1.91. The van der Waals surface area contributed by atoms with Crippen LogP contribution in [0.3, 0.4) is 0 Å². The maximum atomic E-state index is 11.7. The van der Waals surface area contributed by atoms with E-state index in [1.807, 2.05) is 13.8 Å². The van der Waals surface area contributed by atoms with Gasteiger partial charge in [0.05, 0.1) is 0 Å². The molecule has 0 aromatic heterocycles. The molecule has 0 radical (unpaired) electrons. The van der Waals surface area contributed by atoms with Crippen molar-refractivity contribution >= 4 is 35.2 Å². The molecule has 1 aromatic rings. The summed E-state index contributed by atoms with van der Waals surface area (Å²) in [4.78, 5) is 13.5.